The van der Waals surface area contributed by atoms with Gasteiger partial charge in [-0.3, -0.25) is 0 Å². The molecular weight excluding hydrogens is 218 g/mol. The molecular formula is C9H13NO4S. The van der Waals surface area contributed by atoms with Crippen molar-refractivity contribution in [3.63, 3.8) is 0 Å². The van der Waals surface area contributed by atoms with Gasteiger partial charge < -0.3 is 14.7 Å². The third kappa shape index (κ3) is 2.19. The zero-order valence-corrected chi connectivity index (χ0v) is 9.03. The van der Waals surface area contributed by atoms with Gasteiger partial charge in [-0.05, 0) is 24.3 Å². The molecule has 84 valence electrons. The fourth-order valence-electron chi connectivity index (χ4n) is 1.90. The van der Waals surface area contributed by atoms with E-state index in [0.717, 1.165) is 24.3 Å². The maximum absolute atomic E-state index is 11.4. The minimum absolute atomic E-state index is 0.170. The largest absolute Gasteiger partial charge is 0.478 e. The van der Waals surface area contributed by atoms with Crippen LogP contribution >= 0.6 is 11.8 Å². The van der Waals surface area contributed by atoms with E-state index in [1.807, 2.05) is 11.8 Å². The van der Waals surface area contributed by atoms with Crippen molar-refractivity contribution in [1.82, 2.24) is 4.90 Å². The highest BCUT2D eigenvalue weighted by Gasteiger charge is 2.39. The van der Waals surface area contributed by atoms with Gasteiger partial charge in [-0.2, -0.15) is 11.8 Å². The molecule has 2 aliphatic rings. The Morgan fingerprint density at radius 3 is 2.67 bits per heavy atom. The van der Waals surface area contributed by atoms with Gasteiger partial charge in [0.25, 0.3) is 0 Å². The number of aliphatic carboxylic acids is 1. The molecule has 1 N–H and O–H groups in total. The van der Waals surface area contributed by atoms with E-state index >= 15 is 0 Å². The number of carboxylic acid groups (broad SMARTS) is 1. The first-order valence-corrected chi connectivity index (χ1v) is 6.12. The quantitative estimate of drug-likeness (QED) is 0.761. The third-order valence-electron chi connectivity index (χ3n) is 2.75. The molecule has 6 heteroatoms. The summed E-state index contributed by atoms with van der Waals surface area (Å²) in [6.45, 7) is 0.198. The van der Waals surface area contributed by atoms with Crippen molar-refractivity contribution in [1.29, 1.82) is 0 Å². The van der Waals surface area contributed by atoms with Crippen LogP contribution in [0.4, 0.5) is 4.79 Å². The lowest BCUT2D eigenvalue weighted by Crippen LogP contribution is -2.39. The number of rotatable bonds is 2. The summed E-state index contributed by atoms with van der Waals surface area (Å²) in [7, 11) is 0. The van der Waals surface area contributed by atoms with E-state index in [1.54, 1.807) is 4.90 Å². The van der Waals surface area contributed by atoms with Gasteiger partial charge in [-0.15, -0.1) is 0 Å². The first-order valence-electron chi connectivity index (χ1n) is 4.96. The summed E-state index contributed by atoms with van der Waals surface area (Å²) in [5.74, 6) is 1.01. The van der Waals surface area contributed by atoms with Gasteiger partial charge >= 0.3 is 12.1 Å². The number of hydrogen-bond donors (Lipinski definition) is 1. The van der Waals surface area contributed by atoms with E-state index < -0.39 is 18.2 Å². The maximum Gasteiger partial charge on any atom is 0.411 e. The summed E-state index contributed by atoms with van der Waals surface area (Å²) in [6.07, 6.45) is 0.421. The van der Waals surface area contributed by atoms with Crippen molar-refractivity contribution < 1.29 is 19.4 Å². The van der Waals surface area contributed by atoms with Crippen LogP contribution in [0, 0.1) is 0 Å². The second kappa shape index (κ2) is 4.30. The molecule has 0 saturated carbocycles. The highest BCUT2D eigenvalue weighted by molar-refractivity contribution is 7.99. The van der Waals surface area contributed by atoms with Gasteiger partial charge in [0.1, 0.15) is 0 Å². The van der Waals surface area contributed by atoms with Crippen LogP contribution in [0.3, 0.4) is 0 Å². The Hall–Kier alpha value is -0.910. The number of nitrogens with zero attached hydrogens (tertiary/aromatic N) is 1. The Morgan fingerprint density at radius 1 is 1.47 bits per heavy atom. The Morgan fingerprint density at radius 2 is 2.13 bits per heavy atom. The van der Waals surface area contributed by atoms with Gasteiger partial charge in [-0.25, -0.2) is 9.59 Å². The lowest BCUT2D eigenvalue weighted by atomic mass is 10.1. The van der Waals surface area contributed by atoms with Crippen LogP contribution in [-0.2, 0) is 9.53 Å². The van der Waals surface area contributed by atoms with Crippen molar-refractivity contribution in [2.45, 2.75) is 25.0 Å². The number of ether oxygens (including phenoxy) is 1. The van der Waals surface area contributed by atoms with E-state index in [0.29, 0.717) is 0 Å². The molecule has 2 fully saturated rings. The zero-order chi connectivity index (χ0) is 10.8. The molecule has 2 heterocycles. The van der Waals surface area contributed by atoms with Crippen LogP contribution in [-0.4, -0.2) is 52.3 Å². The van der Waals surface area contributed by atoms with Crippen molar-refractivity contribution >= 4 is 23.8 Å². The highest BCUT2D eigenvalue weighted by Crippen LogP contribution is 2.25. The molecule has 5 nitrogen and oxygen atoms in total. The Bertz CT molecular complexity index is 277. The number of carboxylic acids is 1. The fourth-order valence-corrected chi connectivity index (χ4v) is 2.98. The molecule has 2 rings (SSSR count). The van der Waals surface area contributed by atoms with E-state index in [1.165, 1.54) is 0 Å². The van der Waals surface area contributed by atoms with Crippen LogP contribution in [0.5, 0.6) is 0 Å². The topological polar surface area (TPSA) is 66.8 Å². The SMILES string of the molecule is O=C(O)[C@H]1CN(C2CCSCC2)C(=O)O1. The van der Waals surface area contributed by atoms with Gasteiger partial charge in [0.15, 0.2) is 0 Å². The number of carbonyl (C=O) groups excluding carboxylic acids is 1. The van der Waals surface area contributed by atoms with Crippen LogP contribution in [0.15, 0.2) is 0 Å². The second-order valence-electron chi connectivity index (χ2n) is 3.71. The fraction of sp³-hybridized carbons (Fsp3) is 0.778. The normalized spacial score (nSPS) is 27.9. The van der Waals surface area contributed by atoms with Gasteiger partial charge in [0.2, 0.25) is 6.10 Å². The first kappa shape index (κ1) is 10.6. The van der Waals surface area contributed by atoms with E-state index in [4.69, 9.17) is 9.84 Å². The monoisotopic (exact) mass is 231 g/mol. The predicted octanol–water partition coefficient (Wildman–Crippen LogP) is 0.787. The van der Waals surface area contributed by atoms with Crippen LogP contribution in [0.25, 0.3) is 0 Å². The molecule has 2 aliphatic heterocycles. The van der Waals surface area contributed by atoms with Gasteiger partial charge in [0, 0.05) is 6.04 Å². The number of thioether (sulfide) groups is 1. The molecule has 0 radical (unpaired) electrons. The molecule has 2 saturated heterocycles. The molecule has 1 amide bonds. The molecule has 15 heavy (non-hydrogen) atoms. The molecule has 0 aromatic rings. The molecule has 0 bridgehead atoms. The Labute approximate surface area is 91.8 Å². The average molecular weight is 231 g/mol. The Kier molecular flexibility index (Phi) is 3.04. The molecule has 0 unspecified atom stereocenters. The number of amides is 1. The van der Waals surface area contributed by atoms with Crippen molar-refractivity contribution in [2.24, 2.45) is 0 Å². The van der Waals surface area contributed by atoms with Crippen LogP contribution < -0.4 is 0 Å². The standard InChI is InChI=1S/C9H13NO4S/c11-8(12)7-5-10(9(13)14-7)6-1-3-15-4-2-6/h6-7H,1-5H2,(H,11,12)/t7-/m1/s1. The second-order valence-corrected chi connectivity index (χ2v) is 4.93. The molecule has 0 aromatic carbocycles. The summed E-state index contributed by atoms with van der Waals surface area (Å²) >= 11 is 1.87. The summed E-state index contributed by atoms with van der Waals surface area (Å²) in [6, 6.07) is 0.170. The minimum Gasteiger partial charge on any atom is -0.478 e. The van der Waals surface area contributed by atoms with Crippen molar-refractivity contribution in [3.05, 3.63) is 0 Å². The molecule has 1 atom stereocenters. The number of cyclic esters (lactones) is 1. The third-order valence-corrected chi connectivity index (χ3v) is 3.80. The first-order chi connectivity index (χ1) is 7.18. The zero-order valence-electron chi connectivity index (χ0n) is 8.22. The smallest absolute Gasteiger partial charge is 0.411 e. The summed E-state index contributed by atoms with van der Waals surface area (Å²) in [5, 5.41) is 8.74. The van der Waals surface area contributed by atoms with Crippen molar-refractivity contribution in [2.75, 3.05) is 18.1 Å². The number of carbonyl (C=O) groups is 2. The van der Waals surface area contributed by atoms with Crippen LogP contribution in [0.2, 0.25) is 0 Å². The van der Waals surface area contributed by atoms with Gasteiger partial charge in [-0.1, -0.05) is 0 Å². The van der Waals surface area contributed by atoms with E-state index in [-0.39, 0.29) is 12.6 Å². The maximum atomic E-state index is 11.4. The van der Waals surface area contributed by atoms with Crippen LogP contribution in [0.1, 0.15) is 12.8 Å². The van der Waals surface area contributed by atoms with E-state index in [2.05, 4.69) is 0 Å². The summed E-state index contributed by atoms with van der Waals surface area (Å²) in [4.78, 5) is 23.7. The van der Waals surface area contributed by atoms with Gasteiger partial charge in [0.05, 0.1) is 6.54 Å². The summed E-state index contributed by atoms with van der Waals surface area (Å²) in [5.41, 5.74) is 0. The highest BCUT2D eigenvalue weighted by atomic mass is 32.2. The number of hydrogen-bond acceptors (Lipinski definition) is 4. The molecule has 0 aliphatic carbocycles. The lowest BCUT2D eigenvalue weighted by molar-refractivity contribution is -0.144. The van der Waals surface area contributed by atoms with E-state index in [9.17, 15) is 9.59 Å². The van der Waals surface area contributed by atoms with Crippen molar-refractivity contribution in [3.8, 4) is 0 Å². The summed E-state index contributed by atoms with van der Waals surface area (Å²) < 4.78 is 4.77. The minimum atomic E-state index is -1.06. The molecule has 0 aromatic heterocycles. The lowest BCUT2D eigenvalue weighted by Gasteiger charge is -2.28. The predicted molar refractivity (Wildman–Crippen MR) is 55.0 cm³/mol. The molecule has 0 spiro atoms. The Balaban J connectivity index is 1.97. The average Bonchev–Trinajstić information content (AvgIpc) is 2.62.